The van der Waals surface area contributed by atoms with Crippen molar-refractivity contribution in [1.29, 1.82) is 0 Å². The Balaban J connectivity index is 1.96. The van der Waals surface area contributed by atoms with Gasteiger partial charge in [0.15, 0.2) is 0 Å². The average Bonchev–Trinajstić information content (AvgIpc) is 2.79. The van der Waals surface area contributed by atoms with Crippen LogP contribution < -0.4 is 0 Å². The van der Waals surface area contributed by atoms with Gasteiger partial charge in [0.05, 0.1) is 12.6 Å². The van der Waals surface area contributed by atoms with Gasteiger partial charge < -0.3 is 14.2 Å². The minimum Gasteiger partial charge on any atom is -0.463 e. The van der Waals surface area contributed by atoms with Gasteiger partial charge >= 0.3 is 17.9 Å². The number of carbonyl (C=O) groups excluding carboxylic acids is 3. The Labute approximate surface area is 160 Å². The molecule has 7 nitrogen and oxygen atoms in total. The zero-order valence-corrected chi connectivity index (χ0v) is 16.7. The van der Waals surface area contributed by atoms with Gasteiger partial charge in [-0.3, -0.25) is 4.90 Å². The quantitative estimate of drug-likeness (QED) is 0.397. The van der Waals surface area contributed by atoms with Gasteiger partial charge in [0.2, 0.25) is 0 Å². The highest BCUT2D eigenvalue weighted by Crippen LogP contribution is 2.37. The number of esters is 3. The zero-order valence-electron chi connectivity index (χ0n) is 16.7. The summed E-state index contributed by atoms with van der Waals surface area (Å²) in [4.78, 5) is 38.0. The lowest BCUT2D eigenvalue weighted by Gasteiger charge is -2.36. The van der Waals surface area contributed by atoms with Crippen LogP contribution in [-0.4, -0.2) is 60.8 Å². The monoisotopic (exact) mass is 379 g/mol. The van der Waals surface area contributed by atoms with Gasteiger partial charge in [-0.15, -0.1) is 0 Å². The van der Waals surface area contributed by atoms with Crippen LogP contribution in [0.25, 0.3) is 0 Å². The van der Waals surface area contributed by atoms with Crippen LogP contribution in [0, 0.1) is 0 Å². The van der Waals surface area contributed by atoms with Crippen LogP contribution >= 0.6 is 0 Å². The molecular formula is C20H29NO6. The summed E-state index contributed by atoms with van der Waals surface area (Å²) in [6.45, 7) is 7.02. The Morgan fingerprint density at radius 2 is 1.74 bits per heavy atom. The topological polar surface area (TPSA) is 82.1 Å². The molecule has 2 fully saturated rings. The van der Waals surface area contributed by atoms with E-state index < -0.39 is 11.9 Å². The van der Waals surface area contributed by atoms with Gasteiger partial charge in [-0.05, 0) is 34.7 Å². The largest absolute Gasteiger partial charge is 0.463 e. The fourth-order valence-corrected chi connectivity index (χ4v) is 3.62. The van der Waals surface area contributed by atoms with E-state index >= 15 is 0 Å². The van der Waals surface area contributed by atoms with Crippen LogP contribution in [0.4, 0.5) is 0 Å². The third kappa shape index (κ3) is 5.19. The molecule has 150 valence electrons. The van der Waals surface area contributed by atoms with Crippen LogP contribution in [0.5, 0.6) is 0 Å². The first-order valence-corrected chi connectivity index (χ1v) is 9.38. The normalized spacial score (nSPS) is 28.6. The van der Waals surface area contributed by atoms with Gasteiger partial charge in [0.1, 0.15) is 12.2 Å². The summed E-state index contributed by atoms with van der Waals surface area (Å²) in [6, 6.07) is 0.214. The van der Waals surface area contributed by atoms with E-state index in [9.17, 15) is 14.4 Å². The summed E-state index contributed by atoms with van der Waals surface area (Å²) in [5, 5.41) is 0. The lowest BCUT2D eigenvalue weighted by atomic mass is 10.00. The molecule has 2 aliphatic heterocycles. The molecule has 2 heterocycles. The number of hydrogen-bond acceptors (Lipinski definition) is 7. The van der Waals surface area contributed by atoms with E-state index in [0.717, 1.165) is 6.42 Å². The van der Waals surface area contributed by atoms with E-state index in [1.165, 1.54) is 13.0 Å². The fourth-order valence-electron chi connectivity index (χ4n) is 3.62. The Morgan fingerprint density at radius 1 is 1.04 bits per heavy atom. The van der Waals surface area contributed by atoms with Gasteiger partial charge in [-0.1, -0.05) is 6.08 Å². The summed E-state index contributed by atoms with van der Waals surface area (Å²) in [5.41, 5.74) is 0.799. The highest BCUT2D eigenvalue weighted by molar-refractivity contribution is 5.95. The second-order valence-corrected chi connectivity index (χ2v) is 7.12. The lowest BCUT2D eigenvalue weighted by molar-refractivity contribution is -0.150. The molecular weight excluding hydrogens is 350 g/mol. The molecule has 0 N–H and O–H groups in total. The first kappa shape index (κ1) is 21.2. The van der Waals surface area contributed by atoms with Crippen molar-refractivity contribution in [2.45, 2.75) is 71.2 Å². The molecule has 0 unspecified atom stereocenters. The fraction of sp³-hybridized carbons (Fsp3) is 0.650. The molecule has 0 aliphatic carbocycles. The van der Waals surface area contributed by atoms with E-state index in [0.29, 0.717) is 18.4 Å². The van der Waals surface area contributed by atoms with Crippen LogP contribution in [0.1, 0.15) is 47.0 Å². The summed E-state index contributed by atoms with van der Waals surface area (Å²) in [7, 11) is 2.01. The maximum Gasteiger partial charge on any atom is 0.333 e. The number of piperidine rings is 1. The second-order valence-electron chi connectivity index (χ2n) is 7.12. The van der Waals surface area contributed by atoms with Crippen LogP contribution in [0.3, 0.4) is 0 Å². The minimum atomic E-state index is -0.548. The summed E-state index contributed by atoms with van der Waals surface area (Å²) < 4.78 is 16.1. The zero-order chi connectivity index (χ0) is 20.1. The number of allylic oxidation sites excluding steroid dienone is 1. The van der Waals surface area contributed by atoms with Crippen molar-refractivity contribution in [2.24, 2.45) is 0 Å². The number of rotatable bonds is 6. The number of carbonyl (C=O) groups is 3. The number of nitrogens with zero attached hydrogens (tertiary/aromatic N) is 1. The third-order valence-corrected chi connectivity index (χ3v) is 5.30. The number of ether oxygens (including phenoxy) is 3. The molecule has 0 radical (unpaired) electrons. The van der Waals surface area contributed by atoms with Crippen molar-refractivity contribution in [3.05, 3.63) is 23.3 Å². The maximum atomic E-state index is 12.1. The van der Waals surface area contributed by atoms with Gasteiger partial charge in [0.25, 0.3) is 0 Å². The summed E-state index contributed by atoms with van der Waals surface area (Å²) in [6.07, 6.45) is 4.44. The molecule has 0 saturated carbocycles. The second kappa shape index (κ2) is 9.17. The molecule has 0 aromatic rings. The van der Waals surface area contributed by atoms with Gasteiger partial charge in [0, 0.05) is 42.5 Å². The smallest absolute Gasteiger partial charge is 0.333 e. The number of likely N-dealkylation sites (N-methyl/N-ethyl adjacent to an activating group) is 1. The highest BCUT2D eigenvalue weighted by Gasteiger charge is 2.47. The molecule has 0 spiro atoms. The number of hydrogen-bond donors (Lipinski definition) is 0. The summed E-state index contributed by atoms with van der Waals surface area (Å²) >= 11 is 0. The predicted octanol–water partition coefficient (Wildman–Crippen LogP) is 2.15. The molecule has 4 atom stereocenters. The molecule has 2 rings (SSSR count). The van der Waals surface area contributed by atoms with E-state index in [1.54, 1.807) is 26.8 Å². The summed E-state index contributed by atoms with van der Waals surface area (Å²) in [5.74, 6) is -1.37. The standard InChI is InChI=1S/C20H29NO6/c1-6-12(3)20(24)27-17-10-14-9-15(11-16(17)21(14)5)26-18(22)8-13(4)19(23)25-7-2/h6,8,14-17H,7,9-11H2,1-5H3/b12-6+,13-8+/t14-,15-,16+,17-/m1/s1. The van der Waals surface area contributed by atoms with Crippen LogP contribution in [0.2, 0.25) is 0 Å². The molecule has 2 saturated heterocycles. The van der Waals surface area contributed by atoms with Crippen molar-refractivity contribution < 1.29 is 28.6 Å². The maximum absolute atomic E-state index is 12.1. The molecule has 0 aromatic heterocycles. The molecule has 2 aliphatic rings. The van der Waals surface area contributed by atoms with E-state index in [1.807, 2.05) is 7.05 Å². The first-order valence-electron chi connectivity index (χ1n) is 9.38. The molecule has 27 heavy (non-hydrogen) atoms. The number of fused-ring (bicyclic) bond motifs is 2. The minimum absolute atomic E-state index is 0.0188. The van der Waals surface area contributed by atoms with E-state index in [-0.39, 0.29) is 42.4 Å². The van der Waals surface area contributed by atoms with Crippen molar-refractivity contribution in [1.82, 2.24) is 4.90 Å². The predicted molar refractivity (Wildman–Crippen MR) is 98.8 cm³/mol. The Morgan fingerprint density at radius 3 is 2.37 bits per heavy atom. The third-order valence-electron chi connectivity index (χ3n) is 5.30. The van der Waals surface area contributed by atoms with Gasteiger partial charge in [-0.2, -0.15) is 0 Å². The Hall–Kier alpha value is -2.15. The Bertz CT molecular complexity index is 653. The van der Waals surface area contributed by atoms with Crippen molar-refractivity contribution in [3.8, 4) is 0 Å². The van der Waals surface area contributed by atoms with Crippen LogP contribution in [-0.2, 0) is 28.6 Å². The molecule has 0 aromatic carbocycles. The Kier molecular flexibility index (Phi) is 7.18. The van der Waals surface area contributed by atoms with E-state index in [4.69, 9.17) is 14.2 Å². The lowest BCUT2D eigenvalue weighted by Crippen LogP contribution is -2.46. The van der Waals surface area contributed by atoms with Crippen LogP contribution in [0.15, 0.2) is 23.3 Å². The SMILES string of the molecule is C/C=C(\C)C(=O)O[C@@H]1C[C@H]2C[C@@H](OC(=O)/C=C(\C)C(=O)OCC)C[C@@H]1N2C. The molecule has 0 amide bonds. The average molecular weight is 379 g/mol. The highest BCUT2D eigenvalue weighted by atomic mass is 16.6. The van der Waals surface area contributed by atoms with Gasteiger partial charge in [-0.25, -0.2) is 14.4 Å². The molecule has 2 bridgehead atoms. The first-order chi connectivity index (χ1) is 12.8. The van der Waals surface area contributed by atoms with Crippen molar-refractivity contribution >= 4 is 17.9 Å². The van der Waals surface area contributed by atoms with Crippen molar-refractivity contribution in [2.75, 3.05) is 13.7 Å². The van der Waals surface area contributed by atoms with E-state index in [2.05, 4.69) is 4.90 Å². The molecule has 7 heteroatoms. The van der Waals surface area contributed by atoms with Crippen molar-refractivity contribution in [3.63, 3.8) is 0 Å².